The van der Waals surface area contributed by atoms with Crippen molar-refractivity contribution in [1.29, 1.82) is 0 Å². The molecule has 2 rings (SSSR count). The Morgan fingerprint density at radius 2 is 2.04 bits per heavy atom. The van der Waals surface area contributed by atoms with Gasteiger partial charge in [-0.2, -0.15) is 5.11 Å². The van der Waals surface area contributed by atoms with Gasteiger partial charge in [0.15, 0.2) is 0 Å². The lowest BCUT2D eigenvalue weighted by Crippen LogP contribution is -2.13. The predicted molar refractivity (Wildman–Crippen MR) is 108 cm³/mol. The highest BCUT2D eigenvalue weighted by molar-refractivity contribution is 9.10. The van der Waals surface area contributed by atoms with Crippen LogP contribution < -0.4 is 5.01 Å². The van der Waals surface area contributed by atoms with Gasteiger partial charge in [-0.1, -0.05) is 64.8 Å². The molecular formula is C19H21BrFN3S. The minimum atomic E-state index is -0.292. The van der Waals surface area contributed by atoms with Gasteiger partial charge < -0.3 is 0 Å². The first-order valence-electron chi connectivity index (χ1n) is 8.07. The Balaban J connectivity index is 2.28. The molecule has 0 spiro atoms. The van der Waals surface area contributed by atoms with E-state index in [-0.39, 0.29) is 5.82 Å². The molecule has 0 saturated carbocycles. The van der Waals surface area contributed by atoms with E-state index >= 15 is 0 Å². The fourth-order valence-corrected chi connectivity index (χ4v) is 3.83. The first-order valence-corrected chi connectivity index (χ1v) is 9.85. The predicted octanol–water partition coefficient (Wildman–Crippen LogP) is 6.97. The highest BCUT2D eigenvalue weighted by Crippen LogP contribution is 2.32. The maximum absolute atomic E-state index is 13.7. The summed E-state index contributed by atoms with van der Waals surface area (Å²) >= 11 is 5.24. The molecule has 0 aromatic heterocycles. The second-order valence-corrected chi connectivity index (χ2v) is 7.14. The number of halogens is 2. The molecule has 0 radical (unpaired) electrons. The molecule has 132 valence electrons. The third kappa shape index (κ3) is 5.97. The molecule has 0 bridgehead atoms. The van der Waals surface area contributed by atoms with Gasteiger partial charge in [0.1, 0.15) is 5.82 Å². The fraction of sp³-hybridized carbons (Fsp3) is 0.263. The van der Waals surface area contributed by atoms with Crippen molar-refractivity contribution in [3.63, 3.8) is 0 Å². The second kappa shape index (κ2) is 10.4. The average Bonchev–Trinajstić information content (AvgIpc) is 2.61. The lowest BCUT2D eigenvalue weighted by Gasteiger charge is -2.21. The Bertz CT molecular complexity index is 749. The highest BCUT2D eigenvalue weighted by Gasteiger charge is 2.14. The second-order valence-electron chi connectivity index (χ2n) is 5.29. The summed E-state index contributed by atoms with van der Waals surface area (Å²) in [5, 5.41) is 10.8. The minimum absolute atomic E-state index is 0.292. The number of rotatable bonds is 8. The first kappa shape index (κ1) is 19.7. The highest BCUT2D eigenvalue weighted by atomic mass is 79.9. The standard InChI is InChI=1S/C19H21BrFN3S/c1-3-4-12-19(25-14-15-8-5-6-11-18(15)20)24(23-22-2)17-10-7-9-16(21)13-17/h5-13H,3-4,14H2,1-2H3. The number of unbranched alkanes of at least 4 members (excludes halogenated alkanes) is 1. The fourth-order valence-electron chi connectivity index (χ4n) is 2.16. The van der Waals surface area contributed by atoms with Gasteiger partial charge in [0.25, 0.3) is 0 Å². The van der Waals surface area contributed by atoms with Crippen molar-refractivity contribution in [2.75, 3.05) is 12.1 Å². The van der Waals surface area contributed by atoms with Crippen LogP contribution in [0.1, 0.15) is 25.3 Å². The molecule has 2 aromatic rings. The summed E-state index contributed by atoms with van der Waals surface area (Å²) in [6.45, 7) is 2.13. The van der Waals surface area contributed by atoms with Crippen molar-refractivity contribution in [3.05, 3.63) is 75.5 Å². The van der Waals surface area contributed by atoms with Crippen LogP contribution in [0.3, 0.4) is 0 Å². The number of thioether (sulfide) groups is 1. The monoisotopic (exact) mass is 421 g/mol. The zero-order chi connectivity index (χ0) is 18.1. The number of anilines is 1. The van der Waals surface area contributed by atoms with Crippen molar-refractivity contribution in [2.24, 2.45) is 10.3 Å². The summed E-state index contributed by atoms with van der Waals surface area (Å²) in [5.41, 5.74) is 1.86. The van der Waals surface area contributed by atoms with E-state index in [9.17, 15) is 4.39 Å². The zero-order valence-corrected chi connectivity index (χ0v) is 16.7. The quantitative estimate of drug-likeness (QED) is 0.340. The number of allylic oxidation sites excluding steroid dienone is 1. The number of benzene rings is 2. The van der Waals surface area contributed by atoms with Crippen LogP contribution in [0.25, 0.3) is 0 Å². The molecule has 0 saturated heterocycles. The van der Waals surface area contributed by atoms with Crippen molar-refractivity contribution in [3.8, 4) is 0 Å². The largest absolute Gasteiger partial charge is 0.209 e. The summed E-state index contributed by atoms with van der Waals surface area (Å²) in [5.74, 6) is 0.488. The van der Waals surface area contributed by atoms with E-state index in [2.05, 4.69) is 45.3 Å². The number of hydrogen-bond acceptors (Lipinski definition) is 3. The lowest BCUT2D eigenvalue weighted by atomic mass is 10.2. The van der Waals surface area contributed by atoms with Gasteiger partial charge in [0.05, 0.1) is 17.8 Å². The van der Waals surface area contributed by atoms with Crippen LogP contribution in [-0.2, 0) is 5.75 Å². The SMILES string of the molecule is CCCC=C(SCc1ccccc1Br)N(N=NC)c1cccc(F)c1. The number of nitrogens with zero attached hydrogens (tertiary/aromatic N) is 3. The Labute approximate surface area is 161 Å². The van der Waals surface area contributed by atoms with Crippen LogP contribution >= 0.6 is 27.7 Å². The third-order valence-corrected chi connectivity index (χ3v) is 5.25. The molecule has 3 nitrogen and oxygen atoms in total. The average molecular weight is 422 g/mol. The molecule has 6 heteroatoms. The van der Waals surface area contributed by atoms with Crippen LogP contribution in [-0.4, -0.2) is 7.05 Å². The molecule has 0 amide bonds. The van der Waals surface area contributed by atoms with Gasteiger partial charge >= 0.3 is 0 Å². The number of hydrogen-bond donors (Lipinski definition) is 0. The molecule has 0 aliphatic carbocycles. The molecule has 0 aliphatic heterocycles. The van der Waals surface area contributed by atoms with Crippen LogP contribution in [0.15, 0.2) is 74.4 Å². The molecule has 0 fully saturated rings. The Kier molecular flexibility index (Phi) is 8.15. The van der Waals surface area contributed by atoms with Crippen molar-refractivity contribution in [2.45, 2.75) is 25.5 Å². The van der Waals surface area contributed by atoms with Crippen LogP contribution in [0, 0.1) is 5.82 Å². The molecule has 2 aromatic carbocycles. The third-order valence-electron chi connectivity index (χ3n) is 3.38. The van der Waals surface area contributed by atoms with Gasteiger partial charge in [0.2, 0.25) is 0 Å². The first-order chi connectivity index (χ1) is 12.2. The van der Waals surface area contributed by atoms with Crippen LogP contribution in [0.2, 0.25) is 0 Å². The molecule has 0 unspecified atom stereocenters. The Hall–Kier alpha value is -1.66. The van der Waals surface area contributed by atoms with Gasteiger partial charge in [-0.05, 0) is 36.2 Å². The minimum Gasteiger partial charge on any atom is -0.209 e. The van der Waals surface area contributed by atoms with Crippen molar-refractivity contribution >= 4 is 33.4 Å². The molecule has 0 N–H and O–H groups in total. The summed E-state index contributed by atoms with van der Waals surface area (Å²) in [7, 11) is 1.61. The molecule has 0 heterocycles. The molecule has 25 heavy (non-hydrogen) atoms. The smallest absolute Gasteiger partial charge is 0.125 e. The maximum Gasteiger partial charge on any atom is 0.125 e. The summed E-state index contributed by atoms with van der Waals surface area (Å²) in [4.78, 5) is 0. The van der Waals surface area contributed by atoms with Gasteiger partial charge in [-0.25, -0.2) is 9.40 Å². The van der Waals surface area contributed by atoms with E-state index in [1.807, 2.05) is 24.3 Å². The van der Waals surface area contributed by atoms with E-state index in [0.29, 0.717) is 5.69 Å². The molecular weight excluding hydrogens is 401 g/mol. The molecule has 0 atom stereocenters. The van der Waals surface area contributed by atoms with E-state index in [0.717, 1.165) is 28.1 Å². The lowest BCUT2D eigenvalue weighted by molar-refractivity contribution is 0.627. The van der Waals surface area contributed by atoms with E-state index < -0.39 is 0 Å². The van der Waals surface area contributed by atoms with Crippen molar-refractivity contribution in [1.82, 2.24) is 0 Å². The molecule has 0 aliphatic rings. The zero-order valence-electron chi connectivity index (χ0n) is 14.3. The van der Waals surface area contributed by atoms with E-state index in [1.165, 1.54) is 17.7 Å². The van der Waals surface area contributed by atoms with Gasteiger partial charge in [-0.3, -0.25) is 0 Å². The summed E-state index contributed by atoms with van der Waals surface area (Å²) in [6.07, 6.45) is 4.07. The van der Waals surface area contributed by atoms with Gasteiger partial charge in [-0.15, -0.1) is 11.8 Å². The van der Waals surface area contributed by atoms with E-state index in [4.69, 9.17) is 0 Å². The van der Waals surface area contributed by atoms with Crippen molar-refractivity contribution < 1.29 is 4.39 Å². The Morgan fingerprint density at radius 3 is 2.72 bits per heavy atom. The normalized spacial score (nSPS) is 11.9. The summed E-state index contributed by atoms with van der Waals surface area (Å²) < 4.78 is 14.7. The topological polar surface area (TPSA) is 28.0 Å². The maximum atomic E-state index is 13.7. The van der Waals surface area contributed by atoms with Crippen LogP contribution in [0.5, 0.6) is 0 Å². The van der Waals surface area contributed by atoms with E-state index in [1.54, 1.807) is 29.9 Å². The Morgan fingerprint density at radius 1 is 1.24 bits per heavy atom. The summed E-state index contributed by atoms with van der Waals surface area (Å²) in [6, 6.07) is 14.5. The van der Waals surface area contributed by atoms with Crippen LogP contribution in [0.4, 0.5) is 10.1 Å². The van der Waals surface area contributed by atoms with Gasteiger partial charge in [0, 0.05) is 10.2 Å².